The highest BCUT2D eigenvalue weighted by Crippen LogP contribution is 2.31. The lowest BCUT2D eigenvalue weighted by Gasteiger charge is -2.17. The molecular weight excluding hydrogens is 182 g/mol. The zero-order chi connectivity index (χ0) is 9.10. The Balaban J connectivity index is 2.11. The first-order valence-corrected chi connectivity index (χ1v) is 5.88. The Hall–Kier alpha value is -0.410. The summed E-state index contributed by atoms with van der Waals surface area (Å²) in [4.78, 5) is 4.29. The van der Waals surface area contributed by atoms with E-state index < -0.39 is 0 Å². The third kappa shape index (κ3) is 2.09. The van der Waals surface area contributed by atoms with Crippen LogP contribution in [0, 0.1) is 0 Å². The third-order valence-electron chi connectivity index (χ3n) is 2.81. The summed E-state index contributed by atoms with van der Waals surface area (Å²) >= 11 is 1.62. The highest BCUT2D eigenvalue weighted by molar-refractivity contribution is 7.07. The van der Waals surface area contributed by atoms with Crippen molar-refractivity contribution in [2.45, 2.75) is 44.1 Å². The van der Waals surface area contributed by atoms with Gasteiger partial charge in [0, 0.05) is 11.3 Å². The Kier molecular flexibility index (Phi) is 2.96. The minimum Gasteiger partial charge on any atom is -0.392 e. The second kappa shape index (κ2) is 4.20. The number of hydrogen-bond donors (Lipinski definition) is 1. The van der Waals surface area contributed by atoms with Crippen LogP contribution in [0.15, 0.2) is 10.9 Å². The molecule has 72 valence electrons. The molecule has 13 heavy (non-hydrogen) atoms. The SMILES string of the molecule is OC1CCCCCC1c1cscn1. The van der Waals surface area contributed by atoms with Gasteiger partial charge in [-0.05, 0) is 12.8 Å². The first-order valence-electron chi connectivity index (χ1n) is 4.94. The Morgan fingerprint density at radius 2 is 2.15 bits per heavy atom. The molecule has 3 heteroatoms. The molecule has 0 radical (unpaired) electrons. The van der Waals surface area contributed by atoms with Crippen LogP contribution in [0.2, 0.25) is 0 Å². The molecule has 0 aliphatic heterocycles. The lowest BCUT2D eigenvalue weighted by atomic mass is 9.95. The van der Waals surface area contributed by atoms with Gasteiger partial charge >= 0.3 is 0 Å². The summed E-state index contributed by atoms with van der Waals surface area (Å²) < 4.78 is 0. The molecule has 1 saturated carbocycles. The van der Waals surface area contributed by atoms with Crippen LogP contribution in [0.25, 0.3) is 0 Å². The van der Waals surface area contributed by atoms with Crippen molar-refractivity contribution in [3.8, 4) is 0 Å². The predicted molar refractivity (Wildman–Crippen MR) is 53.9 cm³/mol. The maximum atomic E-state index is 9.89. The standard InChI is InChI=1S/C10H15NOS/c12-10-5-3-1-2-4-8(10)9-6-13-7-11-9/h6-8,10,12H,1-5H2. The fraction of sp³-hybridized carbons (Fsp3) is 0.700. The highest BCUT2D eigenvalue weighted by Gasteiger charge is 2.24. The molecule has 0 saturated heterocycles. The van der Waals surface area contributed by atoms with E-state index in [1.54, 1.807) is 11.3 Å². The van der Waals surface area contributed by atoms with E-state index >= 15 is 0 Å². The van der Waals surface area contributed by atoms with Gasteiger partial charge in [-0.3, -0.25) is 0 Å². The molecule has 0 spiro atoms. The van der Waals surface area contributed by atoms with Crippen molar-refractivity contribution >= 4 is 11.3 Å². The first kappa shape index (κ1) is 9.16. The van der Waals surface area contributed by atoms with Crippen LogP contribution in [0.1, 0.15) is 43.7 Å². The zero-order valence-corrected chi connectivity index (χ0v) is 8.46. The van der Waals surface area contributed by atoms with E-state index in [1.807, 2.05) is 5.51 Å². The number of hydrogen-bond acceptors (Lipinski definition) is 3. The molecule has 1 heterocycles. The molecule has 0 aromatic carbocycles. The van der Waals surface area contributed by atoms with Crippen LogP contribution in [-0.4, -0.2) is 16.2 Å². The Labute approximate surface area is 82.6 Å². The van der Waals surface area contributed by atoms with Crippen molar-refractivity contribution in [1.82, 2.24) is 4.98 Å². The van der Waals surface area contributed by atoms with Crippen LogP contribution in [0.5, 0.6) is 0 Å². The molecule has 1 fully saturated rings. The fourth-order valence-electron chi connectivity index (χ4n) is 2.04. The van der Waals surface area contributed by atoms with Gasteiger partial charge in [-0.1, -0.05) is 19.3 Å². The maximum absolute atomic E-state index is 9.89. The fourth-order valence-corrected chi connectivity index (χ4v) is 2.66. The summed E-state index contributed by atoms with van der Waals surface area (Å²) in [5.74, 6) is 0.300. The second-order valence-corrected chi connectivity index (χ2v) is 4.44. The minimum absolute atomic E-state index is 0.162. The number of aromatic nitrogens is 1. The van der Waals surface area contributed by atoms with E-state index in [9.17, 15) is 5.11 Å². The topological polar surface area (TPSA) is 33.1 Å². The minimum atomic E-state index is -0.162. The summed E-state index contributed by atoms with van der Waals surface area (Å²) in [6.45, 7) is 0. The summed E-state index contributed by atoms with van der Waals surface area (Å²) in [6.07, 6.45) is 5.55. The number of aliphatic hydroxyl groups is 1. The number of aliphatic hydroxyl groups excluding tert-OH is 1. The maximum Gasteiger partial charge on any atom is 0.0794 e. The van der Waals surface area contributed by atoms with Gasteiger partial charge in [0.1, 0.15) is 0 Å². The Bertz CT molecular complexity index is 247. The lowest BCUT2D eigenvalue weighted by molar-refractivity contribution is 0.134. The lowest BCUT2D eigenvalue weighted by Crippen LogP contribution is -2.16. The van der Waals surface area contributed by atoms with Crippen molar-refractivity contribution in [2.75, 3.05) is 0 Å². The van der Waals surface area contributed by atoms with Gasteiger partial charge in [-0.2, -0.15) is 0 Å². The molecule has 1 aliphatic rings. The summed E-state index contributed by atoms with van der Waals surface area (Å²) in [7, 11) is 0. The Morgan fingerprint density at radius 3 is 2.92 bits per heavy atom. The molecule has 1 aromatic rings. The average molecular weight is 197 g/mol. The molecular formula is C10H15NOS. The van der Waals surface area contributed by atoms with Gasteiger partial charge in [0.15, 0.2) is 0 Å². The normalized spacial score (nSPS) is 29.9. The van der Waals surface area contributed by atoms with Gasteiger partial charge in [0.2, 0.25) is 0 Å². The highest BCUT2D eigenvalue weighted by atomic mass is 32.1. The second-order valence-electron chi connectivity index (χ2n) is 3.73. The molecule has 2 unspecified atom stereocenters. The zero-order valence-electron chi connectivity index (χ0n) is 7.65. The van der Waals surface area contributed by atoms with Crippen LogP contribution < -0.4 is 0 Å². The molecule has 2 rings (SSSR count). The molecule has 0 amide bonds. The van der Waals surface area contributed by atoms with Gasteiger partial charge in [-0.25, -0.2) is 4.98 Å². The van der Waals surface area contributed by atoms with Crippen molar-refractivity contribution < 1.29 is 5.11 Å². The van der Waals surface area contributed by atoms with Crippen molar-refractivity contribution in [3.05, 3.63) is 16.6 Å². The summed E-state index contributed by atoms with van der Waals surface area (Å²) in [5.41, 5.74) is 2.95. The molecule has 1 N–H and O–H groups in total. The van der Waals surface area contributed by atoms with E-state index in [0.717, 1.165) is 18.5 Å². The summed E-state index contributed by atoms with van der Waals surface area (Å²) in [5, 5.41) is 12.0. The van der Waals surface area contributed by atoms with E-state index in [0.29, 0.717) is 5.92 Å². The van der Waals surface area contributed by atoms with Crippen LogP contribution in [0.4, 0.5) is 0 Å². The van der Waals surface area contributed by atoms with E-state index in [1.165, 1.54) is 19.3 Å². The van der Waals surface area contributed by atoms with Gasteiger partial charge in [-0.15, -0.1) is 11.3 Å². The quantitative estimate of drug-likeness (QED) is 0.702. The smallest absolute Gasteiger partial charge is 0.0794 e. The molecule has 1 aliphatic carbocycles. The molecule has 1 aromatic heterocycles. The first-order chi connectivity index (χ1) is 6.38. The third-order valence-corrected chi connectivity index (χ3v) is 3.42. The van der Waals surface area contributed by atoms with Crippen molar-refractivity contribution in [1.29, 1.82) is 0 Å². The number of thiazole rings is 1. The molecule has 0 bridgehead atoms. The monoisotopic (exact) mass is 197 g/mol. The van der Waals surface area contributed by atoms with E-state index in [2.05, 4.69) is 10.4 Å². The van der Waals surface area contributed by atoms with Crippen molar-refractivity contribution in [2.24, 2.45) is 0 Å². The van der Waals surface area contributed by atoms with Crippen LogP contribution in [0.3, 0.4) is 0 Å². The number of nitrogens with zero attached hydrogens (tertiary/aromatic N) is 1. The van der Waals surface area contributed by atoms with Gasteiger partial charge in [0.05, 0.1) is 17.3 Å². The number of rotatable bonds is 1. The molecule has 2 atom stereocenters. The van der Waals surface area contributed by atoms with Crippen LogP contribution >= 0.6 is 11.3 Å². The van der Waals surface area contributed by atoms with Crippen LogP contribution in [-0.2, 0) is 0 Å². The predicted octanol–water partition coefficient (Wildman–Crippen LogP) is 2.55. The Morgan fingerprint density at radius 1 is 1.31 bits per heavy atom. The van der Waals surface area contributed by atoms with Gasteiger partial charge < -0.3 is 5.11 Å². The van der Waals surface area contributed by atoms with E-state index in [4.69, 9.17) is 0 Å². The average Bonchev–Trinajstić information content (AvgIpc) is 2.56. The van der Waals surface area contributed by atoms with Crippen molar-refractivity contribution in [3.63, 3.8) is 0 Å². The van der Waals surface area contributed by atoms with E-state index in [-0.39, 0.29) is 6.10 Å². The largest absolute Gasteiger partial charge is 0.392 e. The van der Waals surface area contributed by atoms with Gasteiger partial charge in [0.25, 0.3) is 0 Å². The molecule has 2 nitrogen and oxygen atoms in total. The summed E-state index contributed by atoms with van der Waals surface area (Å²) in [6, 6.07) is 0.